The number of carboxylic acids is 1. The summed E-state index contributed by atoms with van der Waals surface area (Å²) in [7, 11) is 0. The van der Waals surface area contributed by atoms with E-state index < -0.39 is 30.1 Å². The van der Waals surface area contributed by atoms with Crippen LogP contribution in [0.4, 0.5) is 10.6 Å². The Labute approximate surface area is 156 Å². The van der Waals surface area contributed by atoms with Crippen molar-refractivity contribution in [3.05, 3.63) is 22.5 Å². The van der Waals surface area contributed by atoms with E-state index >= 15 is 0 Å². The zero-order valence-corrected chi connectivity index (χ0v) is 15.6. The van der Waals surface area contributed by atoms with Crippen LogP contribution in [0.2, 0.25) is 0 Å². The molecule has 0 saturated carbocycles. The fourth-order valence-corrected chi connectivity index (χ4v) is 1.96. The van der Waals surface area contributed by atoms with Gasteiger partial charge in [-0.1, -0.05) is 0 Å². The maximum atomic E-state index is 12.2. The molecule has 0 fully saturated rings. The number of carbonyl (C=O) groups is 3. The first kappa shape index (κ1) is 21.9. The molecule has 11 nitrogen and oxygen atoms in total. The van der Waals surface area contributed by atoms with Gasteiger partial charge in [0.1, 0.15) is 18.0 Å². The summed E-state index contributed by atoms with van der Waals surface area (Å²) in [4.78, 5) is 46.8. The molecule has 27 heavy (non-hydrogen) atoms. The first-order chi connectivity index (χ1) is 12.6. The summed E-state index contributed by atoms with van der Waals surface area (Å²) >= 11 is 0. The fourth-order valence-electron chi connectivity index (χ4n) is 1.96. The molecular formula is C16H25N5O6. The zero-order valence-electron chi connectivity index (χ0n) is 15.6. The van der Waals surface area contributed by atoms with Gasteiger partial charge in [0.2, 0.25) is 5.91 Å². The lowest BCUT2D eigenvalue weighted by Crippen LogP contribution is -2.42. The van der Waals surface area contributed by atoms with E-state index in [2.05, 4.69) is 20.8 Å². The van der Waals surface area contributed by atoms with Crippen LogP contribution in [0, 0.1) is 0 Å². The Morgan fingerprint density at radius 2 is 1.96 bits per heavy atom. The Kier molecular flexibility index (Phi) is 8.24. The van der Waals surface area contributed by atoms with Gasteiger partial charge in [0, 0.05) is 32.1 Å². The molecule has 1 aromatic heterocycles. The second kappa shape index (κ2) is 10.1. The predicted molar refractivity (Wildman–Crippen MR) is 96.4 cm³/mol. The largest absolute Gasteiger partial charge is 0.480 e. The molecule has 1 rings (SSSR count). The first-order valence-electron chi connectivity index (χ1n) is 8.33. The molecule has 0 unspecified atom stereocenters. The van der Waals surface area contributed by atoms with E-state index in [4.69, 9.17) is 9.84 Å². The number of rotatable bonds is 9. The fraction of sp³-hybridized carbons (Fsp3) is 0.562. The molecule has 0 radical (unpaired) electrons. The van der Waals surface area contributed by atoms with E-state index in [1.807, 2.05) is 0 Å². The van der Waals surface area contributed by atoms with Gasteiger partial charge in [-0.2, -0.15) is 5.10 Å². The molecular weight excluding hydrogens is 358 g/mol. The van der Waals surface area contributed by atoms with Crippen molar-refractivity contribution in [1.82, 2.24) is 20.4 Å². The topological polar surface area (TPSA) is 154 Å². The van der Waals surface area contributed by atoms with Crippen LogP contribution in [0.15, 0.2) is 16.9 Å². The number of carbonyl (C=O) groups excluding carboxylic acids is 2. The van der Waals surface area contributed by atoms with Crippen molar-refractivity contribution in [3.8, 4) is 0 Å². The molecule has 11 heteroatoms. The van der Waals surface area contributed by atoms with Crippen LogP contribution in [0.3, 0.4) is 0 Å². The monoisotopic (exact) mass is 383 g/mol. The van der Waals surface area contributed by atoms with Crippen molar-refractivity contribution < 1.29 is 24.2 Å². The smallest absolute Gasteiger partial charge is 0.407 e. The standard InChI is InChI=1S/C16H25N5O6/c1-16(2,3)27-15(26)18-8-9-21(10-14(24)25)13(23)6-7-17-11-4-5-12(22)20-19-11/h4-5H,6-10H2,1-3H3,(H,17,19)(H,18,26)(H,20,22)(H,24,25). The average molecular weight is 383 g/mol. The average Bonchev–Trinajstić information content (AvgIpc) is 2.53. The van der Waals surface area contributed by atoms with Gasteiger partial charge in [-0.05, 0) is 26.8 Å². The maximum absolute atomic E-state index is 12.2. The minimum absolute atomic E-state index is 0.0144. The summed E-state index contributed by atoms with van der Waals surface area (Å²) < 4.78 is 5.07. The molecule has 0 aromatic carbocycles. The molecule has 0 spiro atoms. The summed E-state index contributed by atoms with van der Waals surface area (Å²) in [5.41, 5.74) is -0.996. The molecule has 4 N–H and O–H groups in total. The Balaban J connectivity index is 2.45. The number of ether oxygens (including phenoxy) is 1. The van der Waals surface area contributed by atoms with Crippen LogP contribution in [-0.4, -0.2) is 70.0 Å². The quantitative estimate of drug-likeness (QED) is 0.465. The molecule has 150 valence electrons. The third kappa shape index (κ3) is 9.82. The molecule has 1 aromatic rings. The number of anilines is 1. The molecule has 2 amide bonds. The third-order valence-electron chi connectivity index (χ3n) is 3.05. The van der Waals surface area contributed by atoms with E-state index in [9.17, 15) is 19.2 Å². The van der Waals surface area contributed by atoms with Gasteiger partial charge in [0.25, 0.3) is 5.56 Å². The lowest BCUT2D eigenvalue weighted by atomic mass is 10.2. The number of H-pyrrole nitrogens is 1. The Bertz CT molecular complexity index is 691. The number of alkyl carbamates (subject to hydrolysis) is 1. The summed E-state index contributed by atoms with van der Waals surface area (Å²) in [6.45, 7) is 4.97. The van der Waals surface area contributed by atoms with Gasteiger partial charge in [0.15, 0.2) is 0 Å². The summed E-state index contributed by atoms with van der Waals surface area (Å²) in [5, 5.41) is 20.3. The molecule has 0 aliphatic heterocycles. The molecule has 0 aliphatic rings. The highest BCUT2D eigenvalue weighted by Gasteiger charge is 2.18. The minimum atomic E-state index is -1.16. The van der Waals surface area contributed by atoms with E-state index in [0.29, 0.717) is 5.82 Å². The molecule has 1 heterocycles. The number of amides is 2. The van der Waals surface area contributed by atoms with E-state index in [-0.39, 0.29) is 31.6 Å². The number of hydrogen-bond acceptors (Lipinski definition) is 7. The minimum Gasteiger partial charge on any atom is -0.480 e. The van der Waals surface area contributed by atoms with Crippen molar-refractivity contribution in [2.45, 2.75) is 32.8 Å². The number of aromatic nitrogens is 2. The Hall–Kier alpha value is -3.11. The van der Waals surface area contributed by atoms with E-state index in [1.165, 1.54) is 12.1 Å². The number of aliphatic carboxylic acids is 1. The van der Waals surface area contributed by atoms with E-state index in [1.54, 1.807) is 20.8 Å². The highest BCUT2D eigenvalue weighted by atomic mass is 16.6. The Morgan fingerprint density at radius 3 is 2.52 bits per heavy atom. The molecule has 0 aliphatic carbocycles. The predicted octanol–water partition coefficient (Wildman–Crippen LogP) is 0.00980. The van der Waals surface area contributed by atoms with Crippen LogP contribution in [0.5, 0.6) is 0 Å². The van der Waals surface area contributed by atoms with Gasteiger partial charge in [-0.25, -0.2) is 9.89 Å². The maximum Gasteiger partial charge on any atom is 0.407 e. The van der Waals surface area contributed by atoms with Crippen LogP contribution in [-0.2, 0) is 14.3 Å². The van der Waals surface area contributed by atoms with Crippen molar-refractivity contribution in [2.24, 2.45) is 0 Å². The van der Waals surface area contributed by atoms with Gasteiger partial charge in [0.05, 0.1) is 0 Å². The van der Waals surface area contributed by atoms with Crippen LogP contribution in [0.1, 0.15) is 27.2 Å². The van der Waals surface area contributed by atoms with Gasteiger partial charge >= 0.3 is 12.1 Å². The van der Waals surface area contributed by atoms with Crippen molar-refractivity contribution in [3.63, 3.8) is 0 Å². The number of carboxylic acid groups (broad SMARTS) is 1. The SMILES string of the molecule is CC(C)(C)OC(=O)NCCN(CC(=O)O)C(=O)CCNc1ccc(=O)[nH]n1. The number of hydrogen-bond donors (Lipinski definition) is 4. The molecule has 0 saturated heterocycles. The second-order valence-corrected chi connectivity index (χ2v) is 6.62. The first-order valence-corrected chi connectivity index (χ1v) is 8.33. The summed E-state index contributed by atoms with van der Waals surface area (Å²) in [6.07, 6.45) is -0.628. The highest BCUT2D eigenvalue weighted by Crippen LogP contribution is 2.06. The van der Waals surface area contributed by atoms with Crippen LogP contribution < -0.4 is 16.2 Å². The summed E-state index contributed by atoms with van der Waals surface area (Å²) in [5.74, 6) is -1.17. The van der Waals surface area contributed by atoms with Crippen molar-refractivity contribution in [1.29, 1.82) is 0 Å². The number of nitrogens with zero attached hydrogens (tertiary/aromatic N) is 2. The normalized spacial score (nSPS) is 10.8. The van der Waals surface area contributed by atoms with Crippen molar-refractivity contribution >= 4 is 23.8 Å². The lowest BCUT2D eigenvalue weighted by Gasteiger charge is -2.23. The van der Waals surface area contributed by atoms with Gasteiger partial charge < -0.3 is 25.4 Å². The zero-order chi connectivity index (χ0) is 20.4. The second-order valence-electron chi connectivity index (χ2n) is 6.62. The third-order valence-corrected chi connectivity index (χ3v) is 3.05. The van der Waals surface area contributed by atoms with Crippen LogP contribution >= 0.6 is 0 Å². The van der Waals surface area contributed by atoms with E-state index in [0.717, 1.165) is 4.90 Å². The van der Waals surface area contributed by atoms with Crippen LogP contribution in [0.25, 0.3) is 0 Å². The number of aromatic amines is 1. The highest BCUT2D eigenvalue weighted by molar-refractivity contribution is 5.81. The molecule has 0 bridgehead atoms. The lowest BCUT2D eigenvalue weighted by molar-refractivity contribution is -0.144. The molecule has 0 atom stereocenters. The summed E-state index contributed by atoms with van der Waals surface area (Å²) in [6, 6.07) is 2.75. The van der Waals surface area contributed by atoms with Crippen molar-refractivity contribution in [2.75, 3.05) is 31.5 Å². The Morgan fingerprint density at radius 1 is 1.26 bits per heavy atom. The van der Waals surface area contributed by atoms with Gasteiger partial charge in [-0.15, -0.1) is 0 Å². The van der Waals surface area contributed by atoms with Gasteiger partial charge in [-0.3, -0.25) is 14.4 Å². The number of nitrogens with one attached hydrogen (secondary N) is 3.